The molecule has 0 saturated carbocycles. The zero-order valence-electron chi connectivity index (χ0n) is 10.1. The molecule has 1 rings (SSSR count). The largest absolute Gasteiger partial charge is 0.346 e. The highest BCUT2D eigenvalue weighted by Crippen LogP contribution is 2.30. The van der Waals surface area contributed by atoms with Gasteiger partial charge in [0.15, 0.2) is 0 Å². The van der Waals surface area contributed by atoms with Gasteiger partial charge < -0.3 is 11.1 Å². The predicted molar refractivity (Wildman–Crippen MR) is 71.3 cm³/mol. The lowest BCUT2D eigenvalue weighted by Crippen LogP contribution is -2.47. The summed E-state index contributed by atoms with van der Waals surface area (Å²) in [7, 11) is 0. The van der Waals surface area contributed by atoms with Crippen molar-refractivity contribution < 1.29 is 4.79 Å². The molecule has 1 unspecified atom stereocenters. The summed E-state index contributed by atoms with van der Waals surface area (Å²) in [6.45, 7) is 5.36. The minimum absolute atomic E-state index is 0.221. The van der Waals surface area contributed by atoms with Crippen LogP contribution in [0.25, 0.3) is 0 Å². The Balaban J connectivity index is 3.00. The number of halogens is 2. The number of hydrogen-bond acceptors (Lipinski definition) is 2. The molecule has 5 heteroatoms. The average Bonchev–Trinajstić information content (AvgIpc) is 2.15. The summed E-state index contributed by atoms with van der Waals surface area (Å²) in [5, 5.41) is 3.92. The normalized spacial score (nSPS) is 13.3. The average molecular weight is 275 g/mol. The molecule has 1 amide bonds. The second-order valence-corrected chi connectivity index (χ2v) is 5.37. The number of benzene rings is 1. The van der Waals surface area contributed by atoms with Crippen molar-refractivity contribution in [3.63, 3.8) is 0 Å². The van der Waals surface area contributed by atoms with E-state index in [4.69, 9.17) is 28.9 Å². The highest BCUT2D eigenvalue weighted by Gasteiger charge is 2.26. The molecule has 0 radical (unpaired) electrons. The zero-order valence-corrected chi connectivity index (χ0v) is 11.6. The van der Waals surface area contributed by atoms with E-state index in [1.54, 1.807) is 25.1 Å². The summed E-state index contributed by atoms with van der Waals surface area (Å²) in [5.41, 5.74) is 5.73. The van der Waals surface area contributed by atoms with Gasteiger partial charge in [-0.1, -0.05) is 29.3 Å². The number of nitrogens with two attached hydrogens (primary N) is 1. The number of hydrogen-bond donors (Lipinski definition) is 2. The van der Waals surface area contributed by atoms with Crippen LogP contribution >= 0.6 is 23.2 Å². The number of amides is 1. The molecule has 3 nitrogen and oxygen atoms in total. The Kier molecular flexibility index (Phi) is 4.42. The van der Waals surface area contributed by atoms with E-state index in [2.05, 4.69) is 5.32 Å². The van der Waals surface area contributed by atoms with Gasteiger partial charge in [-0.15, -0.1) is 0 Å². The SMILES string of the molecule is CC(N)C(=O)NC(C)(C)c1ccc(Cl)cc1Cl. The topological polar surface area (TPSA) is 55.1 Å². The molecule has 1 atom stereocenters. The van der Waals surface area contributed by atoms with Crippen LogP contribution in [0.5, 0.6) is 0 Å². The van der Waals surface area contributed by atoms with Gasteiger partial charge in [0.25, 0.3) is 0 Å². The molecule has 0 aliphatic heterocycles. The van der Waals surface area contributed by atoms with E-state index < -0.39 is 11.6 Å². The molecule has 94 valence electrons. The fraction of sp³-hybridized carbons (Fsp3) is 0.417. The summed E-state index contributed by atoms with van der Waals surface area (Å²) in [6.07, 6.45) is 0. The number of carbonyl (C=O) groups is 1. The van der Waals surface area contributed by atoms with E-state index in [0.29, 0.717) is 10.0 Å². The first-order valence-electron chi connectivity index (χ1n) is 5.27. The lowest BCUT2D eigenvalue weighted by molar-refractivity contribution is -0.123. The Labute approximate surface area is 111 Å². The first kappa shape index (κ1) is 14.3. The summed E-state index contributed by atoms with van der Waals surface area (Å²) in [6, 6.07) is 4.63. The zero-order chi connectivity index (χ0) is 13.2. The molecule has 0 aromatic heterocycles. The van der Waals surface area contributed by atoms with Gasteiger partial charge in [0.2, 0.25) is 5.91 Å². The van der Waals surface area contributed by atoms with Gasteiger partial charge in [0.05, 0.1) is 11.6 Å². The molecule has 0 fully saturated rings. The molecule has 0 saturated heterocycles. The van der Waals surface area contributed by atoms with Crippen molar-refractivity contribution in [1.29, 1.82) is 0 Å². The maximum Gasteiger partial charge on any atom is 0.237 e. The molecule has 17 heavy (non-hydrogen) atoms. The van der Waals surface area contributed by atoms with Crippen LogP contribution in [0.3, 0.4) is 0 Å². The number of carbonyl (C=O) groups excluding carboxylic acids is 1. The van der Waals surface area contributed by atoms with Crippen LogP contribution in [-0.4, -0.2) is 11.9 Å². The van der Waals surface area contributed by atoms with E-state index in [0.717, 1.165) is 5.56 Å². The Morgan fingerprint density at radius 1 is 1.41 bits per heavy atom. The van der Waals surface area contributed by atoms with Gasteiger partial charge in [-0.2, -0.15) is 0 Å². The van der Waals surface area contributed by atoms with Crippen molar-refractivity contribution in [2.45, 2.75) is 32.4 Å². The van der Waals surface area contributed by atoms with Gasteiger partial charge in [0, 0.05) is 10.0 Å². The van der Waals surface area contributed by atoms with Gasteiger partial charge in [-0.25, -0.2) is 0 Å². The highest BCUT2D eigenvalue weighted by molar-refractivity contribution is 6.35. The van der Waals surface area contributed by atoms with Crippen molar-refractivity contribution in [3.8, 4) is 0 Å². The monoisotopic (exact) mass is 274 g/mol. The Bertz CT molecular complexity index is 431. The molecule has 0 spiro atoms. The highest BCUT2D eigenvalue weighted by atomic mass is 35.5. The summed E-state index contributed by atoms with van der Waals surface area (Å²) >= 11 is 11.9. The first-order valence-corrected chi connectivity index (χ1v) is 6.03. The van der Waals surface area contributed by atoms with E-state index >= 15 is 0 Å². The molecule has 1 aromatic carbocycles. The Morgan fingerprint density at radius 3 is 2.47 bits per heavy atom. The minimum Gasteiger partial charge on any atom is -0.346 e. The maximum atomic E-state index is 11.6. The van der Waals surface area contributed by atoms with Crippen LogP contribution in [-0.2, 0) is 10.3 Å². The van der Waals surface area contributed by atoms with E-state index in [1.807, 2.05) is 13.8 Å². The van der Waals surface area contributed by atoms with E-state index in [1.165, 1.54) is 0 Å². The molecule has 0 heterocycles. The summed E-state index contributed by atoms with van der Waals surface area (Å²) < 4.78 is 0. The Hall–Kier alpha value is -0.770. The van der Waals surface area contributed by atoms with Crippen LogP contribution in [0.15, 0.2) is 18.2 Å². The van der Waals surface area contributed by atoms with Crippen molar-refractivity contribution in [3.05, 3.63) is 33.8 Å². The first-order chi connectivity index (χ1) is 7.74. The molecule has 3 N–H and O–H groups in total. The summed E-state index contributed by atoms with van der Waals surface area (Å²) in [4.78, 5) is 11.6. The van der Waals surface area contributed by atoms with Crippen molar-refractivity contribution in [1.82, 2.24) is 5.32 Å². The van der Waals surface area contributed by atoms with Gasteiger partial charge in [-0.3, -0.25) is 4.79 Å². The van der Waals surface area contributed by atoms with Crippen molar-refractivity contribution in [2.75, 3.05) is 0 Å². The van der Waals surface area contributed by atoms with Crippen LogP contribution in [0.2, 0.25) is 10.0 Å². The molecule has 0 aliphatic carbocycles. The molecule has 1 aromatic rings. The third-order valence-corrected chi connectivity index (χ3v) is 3.00. The molecule has 0 bridgehead atoms. The Morgan fingerprint density at radius 2 is 2.00 bits per heavy atom. The van der Waals surface area contributed by atoms with Gasteiger partial charge in [0.1, 0.15) is 0 Å². The van der Waals surface area contributed by atoms with Crippen molar-refractivity contribution in [2.24, 2.45) is 5.73 Å². The predicted octanol–water partition coefficient (Wildman–Crippen LogP) is 2.69. The lowest BCUT2D eigenvalue weighted by Gasteiger charge is -2.28. The molecule has 0 aliphatic rings. The van der Waals surface area contributed by atoms with Gasteiger partial charge in [-0.05, 0) is 38.5 Å². The standard InChI is InChI=1S/C12H16Cl2N2O/c1-7(15)11(17)16-12(2,3)9-5-4-8(13)6-10(9)14/h4-7H,15H2,1-3H3,(H,16,17). The van der Waals surface area contributed by atoms with Gasteiger partial charge >= 0.3 is 0 Å². The van der Waals surface area contributed by atoms with Crippen LogP contribution in [0.1, 0.15) is 26.3 Å². The van der Waals surface area contributed by atoms with Crippen molar-refractivity contribution >= 4 is 29.1 Å². The quantitative estimate of drug-likeness (QED) is 0.891. The number of nitrogens with one attached hydrogen (secondary N) is 1. The van der Waals surface area contributed by atoms with E-state index in [-0.39, 0.29) is 5.91 Å². The van der Waals surface area contributed by atoms with Crippen LogP contribution in [0, 0.1) is 0 Å². The minimum atomic E-state index is -0.591. The van der Waals surface area contributed by atoms with E-state index in [9.17, 15) is 4.79 Å². The molecular formula is C12H16Cl2N2O. The van der Waals surface area contributed by atoms with Crippen LogP contribution < -0.4 is 11.1 Å². The molecular weight excluding hydrogens is 259 g/mol. The lowest BCUT2D eigenvalue weighted by atomic mass is 9.94. The second-order valence-electron chi connectivity index (χ2n) is 4.53. The fourth-order valence-corrected chi connectivity index (χ4v) is 2.13. The third-order valence-electron chi connectivity index (χ3n) is 2.45. The summed E-state index contributed by atoms with van der Waals surface area (Å²) in [5.74, 6) is -0.221. The third kappa shape index (κ3) is 3.60. The fourth-order valence-electron chi connectivity index (χ4n) is 1.49. The smallest absolute Gasteiger partial charge is 0.237 e. The number of rotatable bonds is 3. The second kappa shape index (κ2) is 5.25. The maximum absolute atomic E-state index is 11.6. The van der Waals surface area contributed by atoms with Crippen LogP contribution in [0.4, 0.5) is 0 Å².